The van der Waals surface area contributed by atoms with E-state index < -0.39 is 34.8 Å². The second-order valence-electron chi connectivity index (χ2n) is 8.17. The van der Waals surface area contributed by atoms with E-state index in [1.54, 1.807) is 26.8 Å². The number of amides is 2. The molecule has 0 fully saturated rings. The van der Waals surface area contributed by atoms with Gasteiger partial charge in [-0.1, -0.05) is 29.8 Å². The smallest absolute Gasteiger partial charge is 0.408 e. The first-order valence-corrected chi connectivity index (χ1v) is 9.76. The third-order valence-electron chi connectivity index (χ3n) is 4.85. The average Bonchev–Trinajstić information content (AvgIpc) is 2.90. The van der Waals surface area contributed by atoms with E-state index in [0.29, 0.717) is 0 Å². The Labute approximate surface area is 183 Å². The van der Waals surface area contributed by atoms with E-state index in [1.807, 2.05) is 5.32 Å². The van der Waals surface area contributed by atoms with Crippen LogP contribution in [0.3, 0.4) is 0 Å². The van der Waals surface area contributed by atoms with E-state index in [1.165, 1.54) is 37.4 Å². The average molecular weight is 451 g/mol. The zero-order valence-electron chi connectivity index (χ0n) is 17.3. The van der Waals surface area contributed by atoms with Crippen molar-refractivity contribution < 1.29 is 27.9 Å². The summed E-state index contributed by atoms with van der Waals surface area (Å²) in [5.74, 6) is -7.15. The number of likely N-dealkylation sites (N-methyl/N-ethyl adjacent to an activating group) is 1. The summed E-state index contributed by atoms with van der Waals surface area (Å²) < 4.78 is 37.1. The van der Waals surface area contributed by atoms with Crippen molar-refractivity contribution in [1.29, 1.82) is 0 Å². The van der Waals surface area contributed by atoms with E-state index in [4.69, 9.17) is 16.3 Å². The number of alkyl halides is 2. The first-order chi connectivity index (χ1) is 14.3. The van der Waals surface area contributed by atoms with E-state index >= 15 is 8.78 Å². The summed E-state index contributed by atoms with van der Waals surface area (Å²) in [4.78, 5) is 39.7. The van der Waals surface area contributed by atoms with Gasteiger partial charge < -0.3 is 9.64 Å². The monoisotopic (exact) mass is 450 g/mol. The van der Waals surface area contributed by atoms with Gasteiger partial charge in [0.25, 0.3) is 5.91 Å². The molecule has 0 spiro atoms. The first kappa shape index (κ1) is 22.7. The Morgan fingerprint density at radius 1 is 1.06 bits per heavy atom. The second-order valence-corrected chi connectivity index (χ2v) is 8.61. The Morgan fingerprint density at radius 3 is 2.23 bits per heavy atom. The molecule has 6 nitrogen and oxygen atoms in total. The molecule has 0 saturated carbocycles. The highest BCUT2D eigenvalue weighted by molar-refractivity contribution is 6.30. The van der Waals surface area contributed by atoms with Crippen LogP contribution in [0.15, 0.2) is 48.5 Å². The minimum Gasteiger partial charge on any atom is -0.444 e. The normalized spacial score (nSPS) is 18.5. The number of hydrogen-bond acceptors (Lipinski definition) is 4. The Bertz CT molecular complexity index is 1050. The van der Waals surface area contributed by atoms with Gasteiger partial charge in [-0.15, -0.1) is 0 Å². The number of fused-ring (bicyclic) bond motifs is 1. The quantitative estimate of drug-likeness (QED) is 0.693. The number of rotatable bonds is 4. The number of alkyl carbamates (subject to hydrolysis) is 1. The van der Waals surface area contributed by atoms with Crippen molar-refractivity contribution in [1.82, 2.24) is 5.32 Å². The maximum Gasteiger partial charge on any atom is 0.408 e. The summed E-state index contributed by atoms with van der Waals surface area (Å²) >= 11 is 5.79. The summed E-state index contributed by atoms with van der Waals surface area (Å²) in [5.41, 5.74) is -4.43. The molecule has 3 rings (SSSR count). The molecule has 2 aromatic rings. The van der Waals surface area contributed by atoms with Gasteiger partial charge in [-0.2, -0.15) is 8.78 Å². The lowest BCUT2D eigenvalue weighted by Crippen LogP contribution is -2.66. The molecule has 31 heavy (non-hydrogen) atoms. The lowest BCUT2D eigenvalue weighted by Gasteiger charge is -2.36. The number of Topliss-reactive ketones (excluding diaryl/α,β-unsaturated/α-hetero) is 1. The van der Waals surface area contributed by atoms with Crippen LogP contribution in [0.4, 0.5) is 19.3 Å². The van der Waals surface area contributed by atoms with Crippen molar-refractivity contribution >= 4 is 35.1 Å². The third kappa shape index (κ3) is 3.76. The molecule has 0 saturated heterocycles. The number of ketones is 1. The van der Waals surface area contributed by atoms with Crippen LogP contribution in [0.1, 0.15) is 36.7 Å². The third-order valence-corrected chi connectivity index (χ3v) is 5.10. The second kappa shape index (κ2) is 7.60. The molecule has 0 bridgehead atoms. The zero-order chi connectivity index (χ0) is 23.2. The van der Waals surface area contributed by atoms with Gasteiger partial charge in [-0.3, -0.25) is 14.9 Å². The van der Waals surface area contributed by atoms with Crippen LogP contribution in [0.5, 0.6) is 0 Å². The van der Waals surface area contributed by atoms with Gasteiger partial charge in [0.15, 0.2) is 0 Å². The lowest BCUT2D eigenvalue weighted by atomic mass is 9.81. The van der Waals surface area contributed by atoms with Crippen molar-refractivity contribution in [3.8, 4) is 0 Å². The molecule has 1 heterocycles. The predicted octanol–water partition coefficient (Wildman–Crippen LogP) is 4.55. The van der Waals surface area contributed by atoms with Crippen LogP contribution in [-0.2, 0) is 15.1 Å². The standard InChI is InChI=1S/C22H21ClF2N2O4/c1-20(2,3)31-19(30)26-21(15-7-5-6-8-16(15)27(4)18(21)29)22(24,25)17(28)13-9-11-14(23)12-10-13/h5-12H,1-4H3,(H,26,30). The van der Waals surface area contributed by atoms with Gasteiger partial charge in [-0.05, 0) is 51.1 Å². The number of benzene rings is 2. The van der Waals surface area contributed by atoms with Gasteiger partial charge >= 0.3 is 12.0 Å². The molecule has 0 aromatic heterocycles. The topological polar surface area (TPSA) is 75.7 Å². The molecule has 1 aliphatic rings. The van der Waals surface area contributed by atoms with Crippen LogP contribution in [-0.4, -0.2) is 36.4 Å². The lowest BCUT2D eigenvalue weighted by molar-refractivity contribution is -0.138. The van der Waals surface area contributed by atoms with Crippen LogP contribution < -0.4 is 10.2 Å². The van der Waals surface area contributed by atoms with Gasteiger partial charge in [0.05, 0.1) is 0 Å². The van der Waals surface area contributed by atoms with Crippen molar-refractivity contribution in [3.05, 3.63) is 64.7 Å². The number of ether oxygens (including phenoxy) is 1. The predicted molar refractivity (Wildman–Crippen MR) is 112 cm³/mol. The van der Waals surface area contributed by atoms with Crippen LogP contribution in [0.25, 0.3) is 0 Å². The number of nitrogens with zero attached hydrogens (tertiary/aromatic N) is 1. The number of nitrogens with one attached hydrogen (secondary N) is 1. The van der Waals surface area contributed by atoms with Crippen molar-refractivity contribution in [2.75, 3.05) is 11.9 Å². The van der Waals surface area contributed by atoms with Crippen LogP contribution in [0.2, 0.25) is 5.02 Å². The summed E-state index contributed by atoms with van der Waals surface area (Å²) in [6.07, 6.45) is -1.26. The SMILES string of the molecule is CN1C(=O)C(NC(=O)OC(C)(C)C)(C(F)(F)C(=O)c2ccc(Cl)cc2)c2ccccc21. The van der Waals surface area contributed by atoms with Crippen molar-refractivity contribution in [2.45, 2.75) is 37.8 Å². The van der Waals surface area contributed by atoms with E-state index in [0.717, 1.165) is 17.0 Å². The molecule has 1 N–H and O–H groups in total. The summed E-state index contributed by atoms with van der Waals surface area (Å²) in [6.45, 7) is 4.65. The van der Waals surface area contributed by atoms with Gasteiger partial charge in [0.2, 0.25) is 11.3 Å². The highest BCUT2D eigenvalue weighted by atomic mass is 35.5. The van der Waals surface area contributed by atoms with Crippen LogP contribution >= 0.6 is 11.6 Å². The fourth-order valence-corrected chi connectivity index (χ4v) is 3.60. The van der Waals surface area contributed by atoms with Gasteiger partial charge in [0.1, 0.15) is 5.60 Å². The fourth-order valence-electron chi connectivity index (χ4n) is 3.47. The molecule has 9 heteroatoms. The molecular formula is C22H21ClF2N2O4. The maximum absolute atomic E-state index is 16.0. The van der Waals surface area contributed by atoms with E-state index in [-0.39, 0.29) is 21.8 Å². The van der Waals surface area contributed by atoms with E-state index in [2.05, 4.69) is 0 Å². The molecule has 1 aliphatic heterocycles. The van der Waals surface area contributed by atoms with E-state index in [9.17, 15) is 14.4 Å². The number of carbonyl (C=O) groups is 3. The molecule has 0 radical (unpaired) electrons. The van der Waals surface area contributed by atoms with Gasteiger partial charge in [-0.25, -0.2) is 4.79 Å². The maximum atomic E-state index is 16.0. The van der Waals surface area contributed by atoms with Gasteiger partial charge in [0, 0.05) is 28.9 Å². The summed E-state index contributed by atoms with van der Waals surface area (Å²) in [6, 6.07) is 10.6. The fraction of sp³-hybridized carbons (Fsp3) is 0.318. The molecule has 1 atom stereocenters. The Morgan fingerprint density at radius 2 is 1.65 bits per heavy atom. The minimum atomic E-state index is -4.35. The highest BCUT2D eigenvalue weighted by Gasteiger charge is 2.70. The first-order valence-electron chi connectivity index (χ1n) is 9.38. The number of carbonyl (C=O) groups excluding carboxylic acids is 3. The Kier molecular flexibility index (Phi) is 5.56. The number of halogens is 3. The van der Waals surface area contributed by atoms with Crippen molar-refractivity contribution in [2.24, 2.45) is 0 Å². The number of anilines is 1. The molecule has 0 aliphatic carbocycles. The van der Waals surface area contributed by atoms with Crippen LogP contribution in [0, 0.1) is 0 Å². The molecular weight excluding hydrogens is 430 g/mol. The molecule has 1 unspecified atom stereocenters. The number of hydrogen-bond donors (Lipinski definition) is 1. The Hall–Kier alpha value is -3.00. The largest absolute Gasteiger partial charge is 0.444 e. The molecule has 2 amide bonds. The molecule has 164 valence electrons. The minimum absolute atomic E-state index is 0.145. The number of para-hydroxylation sites is 1. The zero-order valence-corrected chi connectivity index (χ0v) is 18.1. The highest BCUT2D eigenvalue weighted by Crippen LogP contribution is 2.49. The summed E-state index contributed by atoms with van der Waals surface area (Å²) in [5, 5.41) is 2.29. The summed E-state index contributed by atoms with van der Waals surface area (Å²) in [7, 11) is 1.29. The Balaban J connectivity index is 2.19. The molecule has 2 aromatic carbocycles. The van der Waals surface area contributed by atoms with Crippen molar-refractivity contribution in [3.63, 3.8) is 0 Å².